The summed E-state index contributed by atoms with van der Waals surface area (Å²) in [5.41, 5.74) is 3.93. The molecule has 0 fully saturated rings. The van der Waals surface area contributed by atoms with E-state index in [0.717, 1.165) is 16.8 Å². The average Bonchev–Trinajstić information content (AvgIpc) is 2.63. The summed E-state index contributed by atoms with van der Waals surface area (Å²) in [6, 6.07) is 12.3. The first-order valence-corrected chi connectivity index (χ1v) is 10.8. The van der Waals surface area contributed by atoms with Crippen molar-refractivity contribution in [2.24, 2.45) is 0 Å². The Labute approximate surface area is 167 Å². The van der Waals surface area contributed by atoms with Crippen LogP contribution in [-0.2, 0) is 16.7 Å². The van der Waals surface area contributed by atoms with Crippen molar-refractivity contribution in [3.8, 4) is 5.75 Å². The lowest BCUT2D eigenvalue weighted by Gasteiger charge is -2.27. The van der Waals surface area contributed by atoms with Crippen molar-refractivity contribution in [3.05, 3.63) is 59.2 Å². The molecular formula is C21H28N2O4S. The summed E-state index contributed by atoms with van der Waals surface area (Å²) in [7, 11) is -3.55. The van der Waals surface area contributed by atoms with E-state index in [1.54, 1.807) is 29.2 Å². The number of hydrogen-bond donors (Lipinski definition) is 1. The topological polar surface area (TPSA) is 75.7 Å². The van der Waals surface area contributed by atoms with Gasteiger partial charge in [0.05, 0.1) is 5.75 Å². The number of nitrogens with zero attached hydrogens (tertiary/aromatic N) is 1. The zero-order chi connectivity index (χ0) is 20.9. The van der Waals surface area contributed by atoms with Gasteiger partial charge in [-0.1, -0.05) is 18.2 Å². The van der Waals surface area contributed by atoms with Gasteiger partial charge in [0, 0.05) is 18.3 Å². The zero-order valence-electron chi connectivity index (χ0n) is 17.0. The van der Waals surface area contributed by atoms with Crippen molar-refractivity contribution in [1.82, 2.24) is 4.90 Å². The number of rotatable bonds is 7. The van der Waals surface area contributed by atoms with Gasteiger partial charge in [-0.2, -0.15) is 8.42 Å². The summed E-state index contributed by atoms with van der Waals surface area (Å²) in [5, 5.41) is 2.94. The van der Waals surface area contributed by atoms with E-state index in [1.807, 2.05) is 45.9 Å². The Morgan fingerprint density at radius 3 is 2.25 bits per heavy atom. The molecule has 28 heavy (non-hydrogen) atoms. The third-order valence-corrected chi connectivity index (χ3v) is 5.65. The van der Waals surface area contributed by atoms with Gasteiger partial charge in [0.25, 0.3) is 0 Å². The number of hydrogen-bond acceptors (Lipinski definition) is 4. The van der Waals surface area contributed by atoms with Crippen molar-refractivity contribution in [1.29, 1.82) is 0 Å². The van der Waals surface area contributed by atoms with Crippen LogP contribution >= 0.6 is 0 Å². The van der Waals surface area contributed by atoms with Crippen LogP contribution in [0.1, 0.15) is 37.5 Å². The minimum atomic E-state index is -3.55. The van der Waals surface area contributed by atoms with Gasteiger partial charge in [-0.25, -0.2) is 4.79 Å². The fourth-order valence-electron chi connectivity index (χ4n) is 2.56. The molecule has 0 spiro atoms. The van der Waals surface area contributed by atoms with Gasteiger partial charge < -0.3 is 14.4 Å². The molecule has 6 nitrogen and oxygen atoms in total. The van der Waals surface area contributed by atoms with Crippen LogP contribution in [0.2, 0.25) is 0 Å². The van der Waals surface area contributed by atoms with Crippen molar-refractivity contribution in [2.45, 2.75) is 47.2 Å². The highest BCUT2D eigenvalue weighted by atomic mass is 32.2. The molecule has 2 rings (SSSR count). The molecule has 0 aliphatic carbocycles. The second kappa shape index (κ2) is 9.10. The Kier molecular flexibility index (Phi) is 7.07. The zero-order valence-corrected chi connectivity index (χ0v) is 17.8. The number of anilines is 1. The van der Waals surface area contributed by atoms with Crippen molar-refractivity contribution in [2.75, 3.05) is 11.1 Å². The van der Waals surface area contributed by atoms with E-state index < -0.39 is 10.1 Å². The summed E-state index contributed by atoms with van der Waals surface area (Å²) in [6.45, 7) is 9.86. The first-order chi connectivity index (χ1) is 13.1. The largest absolute Gasteiger partial charge is 0.382 e. The third kappa shape index (κ3) is 5.99. The summed E-state index contributed by atoms with van der Waals surface area (Å²) >= 11 is 0. The molecule has 0 aliphatic rings. The van der Waals surface area contributed by atoms with Gasteiger partial charge in [-0.3, -0.25) is 0 Å². The number of amides is 2. The summed E-state index contributed by atoms with van der Waals surface area (Å²) in [4.78, 5) is 14.5. The van der Waals surface area contributed by atoms with Gasteiger partial charge in [-0.15, -0.1) is 0 Å². The normalized spacial score (nSPS) is 11.4. The molecule has 2 amide bonds. The van der Waals surface area contributed by atoms with Gasteiger partial charge in [-0.05, 0) is 75.6 Å². The second-order valence-corrected chi connectivity index (χ2v) is 8.88. The SMILES string of the molecule is CCS(=O)(=O)Oc1ccc(CN(C(=O)Nc2ccc(C)c(C)c2)C(C)C)cc1. The third-order valence-electron chi connectivity index (χ3n) is 4.50. The predicted octanol–water partition coefficient (Wildman–Crippen LogP) is 4.47. The molecule has 0 aliphatic heterocycles. The number of urea groups is 1. The first kappa shape index (κ1) is 21.8. The number of benzene rings is 2. The minimum Gasteiger partial charge on any atom is -0.382 e. The molecule has 0 radical (unpaired) electrons. The van der Waals surface area contributed by atoms with E-state index in [2.05, 4.69) is 5.32 Å². The molecule has 7 heteroatoms. The summed E-state index contributed by atoms with van der Waals surface area (Å²) in [6.07, 6.45) is 0. The molecule has 0 saturated heterocycles. The highest BCUT2D eigenvalue weighted by Crippen LogP contribution is 2.19. The summed E-state index contributed by atoms with van der Waals surface area (Å²) in [5.74, 6) is 0.176. The lowest BCUT2D eigenvalue weighted by atomic mass is 10.1. The maximum Gasteiger partial charge on any atom is 0.322 e. The molecule has 0 bridgehead atoms. The molecule has 2 aromatic carbocycles. The highest BCUT2D eigenvalue weighted by Gasteiger charge is 2.18. The van der Waals surface area contributed by atoms with E-state index >= 15 is 0 Å². The lowest BCUT2D eigenvalue weighted by Crippen LogP contribution is -2.39. The Morgan fingerprint density at radius 1 is 1.07 bits per heavy atom. The van der Waals surface area contributed by atoms with E-state index in [9.17, 15) is 13.2 Å². The van der Waals surface area contributed by atoms with Crippen molar-refractivity contribution < 1.29 is 17.4 Å². The smallest absolute Gasteiger partial charge is 0.322 e. The number of carbonyl (C=O) groups is 1. The fourth-order valence-corrected chi connectivity index (χ4v) is 3.08. The molecule has 0 atom stereocenters. The Balaban J connectivity index is 2.09. The van der Waals surface area contributed by atoms with Gasteiger partial charge in [0.15, 0.2) is 0 Å². The van der Waals surface area contributed by atoms with E-state index in [-0.39, 0.29) is 23.6 Å². The second-order valence-electron chi connectivity index (χ2n) is 7.02. The van der Waals surface area contributed by atoms with Crippen LogP contribution in [0.25, 0.3) is 0 Å². The molecule has 2 aromatic rings. The first-order valence-electron chi connectivity index (χ1n) is 9.27. The van der Waals surface area contributed by atoms with Crippen LogP contribution < -0.4 is 9.50 Å². The Morgan fingerprint density at radius 2 is 1.71 bits per heavy atom. The fraction of sp³-hybridized carbons (Fsp3) is 0.381. The van der Waals surface area contributed by atoms with Gasteiger partial charge in [0.1, 0.15) is 5.75 Å². The van der Waals surface area contributed by atoms with Crippen LogP contribution in [-0.4, -0.2) is 31.1 Å². The summed E-state index contributed by atoms with van der Waals surface area (Å²) < 4.78 is 28.1. The molecule has 0 unspecified atom stereocenters. The Bertz CT molecular complexity index is 922. The molecule has 1 N–H and O–H groups in total. The Hall–Kier alpha value is -2.54. The monoisotopic (exact) mass is 404 g/mol. The molecule has 152 valence electrons. The van der Waals surface area contributed by atoms with E-state index in [0.29, 0.717) is 6.54 Å². The highest BCUT2D eigenvalue weighted by molar-refractivity contribution is 7.87. The predicted molar refractivity (Wildman–Crippen MR) is 112 cm³/mol. The number of carbonyl (C=O) groups excluding carboxylic acids is 1. The van der Waals surface area contributed by atoms with Gasteiger partial charge >= 0.3 is 16.1 Å². The molecule has 0 saturated carbocycles. The van der Waals surface area contributed by atoms with Crippen LogP contribution in [0, 0.1) is 13.8 Å². The van der Waals surface area contributed by atoms with E-state index in [1.165, 1.54) is 12.5 Å². The van der Waals surface area contributed by atoms with Crippen LogP contribution in [0.4, 0.5) is 10.5 Å². The molecule has 0 heterocycles. The maximum atomic E-state index is 12.8. The number of nitrogens with one attached hydrogen (secondary N) is 1. The number of aryl methyl sites for hydroxylation is 2. The standard InChI is InChI=1S/C21H28N2O4S/c1-6-28(25,26)27-20-11-8-18(9-12-20)14-23(15(2)3)21(24)22-19-10-7-16(4)17(5)13-19/h7-13,15H,6,14H2,1-5H3,(H,22,24). The maximum absolute atomic E-state index is 12.8. The van der Waals surface area contributed by atoms with Crippen LogP contribution in [0.5, 0.6) is 5.75 Å². The van der Waals surface area contributed by atoms with Crippen LogP contribution in [0.15, 0.2) is 42.5 Å². The molecule has 0 aromatic heterocycles. The average molecular weight is 405 g/mol. The quantitative estimate of drug-likeness (QED) is 0.691. The van der Waals surface area contributed by atoms with Gasteiger partial charge in [0.2, 0.25) is 0 Å². The van der Waals surface area contributed by atoms with E-state index in [4.69, 9.17) is 4.18 Å². The minimum absolute atomic E-state index is 0.0112. The van der Waals surface area contributed by atoms with Crippen molar-refractivity contribution >= 4 is 21.8 Å². The van der Waals surface area contributed by atoms with Crippen LogP contribution in [0.3, 0.4) is 0 Å². The lowest BCUT2D eigenvalue weighted by molar-refractivity contribution is 0.193. The van der Waals surface area contributed by atoms with Crippen molar-refractivity contribution in [3.63, 3.8) is 0 Å². The molecular weight excluding hydrogens is 376 g/mol.